The molecule has 8 nitrogen and oxygen atoms in total. The summed E-state index contributed by atoms with van der Waals surface area (Å²) >= 11 is 0. The number of aromatic nitrogens is 2. The topological polar surface area (TPSA) is 65.0 Å². The monoisotopic (exact) mass is 410 g/mol. The van der Waals surface area contributed by atoms with Crippen LogP contribution in [0.25, 0.3) is 0 Å². The number of rotatable bonds is 6. The third-order valence-corrected chi connectivity index (χ3v) is 5.86. The number of nitrogens with zero attached hydrogens (tertiary/aromatic N) is 6. The highest BCUT2D eigenvalue weighted by molar-refractivity contribution is 5.78. The van der Waals surface area contributed by atoms with Gasteiger partial charge in [0, 0.05) is 71.3 Å². The molecule has 2 aromatic rings. The van der Waals surface area contributed by atoms with Crippen LogP contribution in [0.5, 0.6) is 5.75 Å². The predicted molar refractivity (Wildman–Crippen MR) is 116 cm³/mol. The van der Waals surface area contributed by atoms with E-state index in [0.717, 1.165) is 70.6 Å². The molecular formula is C22H30N6O2. The number of anilines is 1. The molecule has 0 aliphatic carbocycles. The van der Waals surface area contributed by atoms with Crippen molar-refractivity contribution >= 4 is 11.9 Å². The van der Waals surface area contributed by atoms with Crippen LogP contribution in [0.1, 0.15) is 5.56 Å². The Kier molecular flexibility index (Phi) is 6.76. The molecule has 8 heteroatoms. The van der Waals surface area contributed by atoms with Crippen molar-refractivity contribution in [3.63, 3.8) is 0 Å². The SMILES string of the molecule is COc1ccc(CN2CCN(CC(=O)N3CCN(c4ncccn4)CC3)CC2)cc1. The van der Waals surface area contributed by atoms with Crippen LogP contribution in [-0.4, -0.2) is 96.6 Å². The summed E-state index contributed by atoms with van der Waals surface area (Å²) in [4.78, 5) is 30.2. The molecule has 2 saturated heterocycles. The minimum Gasteiger partial charge on any atom is -0.497 e. The maximum atomic E-state index is 12.8. The number of carbonyl (C=O) groups is 1. The van der Waals surface area contributed by atoms with Crippen LogP contribution in [0, 0.1) is 0 Å². The van der Waals surface area contributed by atoms with Crippen molar-refractivity contribution in [2.24, 2.45) is 0 Å². The smallest absolute Gasteiger partial charge is 0.236 e. The molecule has 0 radical (unpaired) electrons. The molecule has 2 aliphatic heterocycles. The molecule has 0 N–H and O–H groups in total. The lowest BCUT2D eigenvalue weighted by Gasteiger charge is -2.38. The first-order valence-corrected chi connectivity index (χ1v) is 10.6. The van der Waals surface area contributed by atoms with Gasteiger partial charge in [-0.25, -0.2) is 9.97 Å². The molecule has 1 aromatic heterocycles. The molecule has 0 saturated carbocycles. The molecule has 3 heterocycles. The zero-order valence-corrected chi connectivity index (χ0v) is 17.6. The lowest BCUT2D eigenvalue weighted by molar-refractivity contribution is -0.133. The fourth-order valence-electron chi connectivity index (χ4n) is 4.00. The van der Waals surface area contributed by atoms with Gasteiger partial charge < -0.3 is 14.5 Å². The second-order valence-electron chi connectivity index (χ2n) is 7.82. The van der Waals surface area contributed by atoms with Gasteiger partial charge in [-0.2, -0.15) is 0 Å². The number of piperazine rings is 2. The minimum absolute atomic E-state index is 0.229. The molecule has 4 rings (SSSR count). The summed E-state index contributed by atoms with van der Waals surface area (Å²) in [7, 11) is 1.69. The number of hydrogen-bond donors (Lipinski definition) is 0. The van der Waals surface area contributed by atoms with Gasteiger partial charge in [0.15, 0.2) is 0 Å². The number of benzene rings is 1. The van der Waals surface area contributed by atoms with Gasteiger partial charge in [0.2, 0.25) is 11.9 Å². The van der Waals surface area contributed by atoms with Gasteiger partial charge in [-0.05, 0) is 23.8 Å². The highest BCUT2D eigenvalue weighted by Gasteiger charge is 2.25. The molecule has 1 amide bonds. The first-order valence-electron chi connectivity index (χ1n) is 10.6. The summed E-state index contributed by atoms with van der Waals surface area (Å²) in [5, 5.41) is 0. The number of carbonyl (C=O) groups excluding carboxylic acids is 1. The normalized spacial score (nSPS) is 18.4. The quantitative estimate of drug-likeness (QED) is 0.703. The molecule has 2 aliphatic rings. The van der Waals surface area contributed by atoms with E-state index in [0.29, 0.717) is 6.54 Å². The van der Waals surface area contributed by atoms with E-state index in [9.17, 15) is 4.79 Å². The second kappa shape index (κ2) is 9.86. The Balaban J connectivity index is 1.18. The van der Waals surface area contributed by atoms with E-state index < -0.39 is 0 Å². The van der Waals surface area contributed by atoms with Crippen molar-refractivity contribution in [2.75, 3.05) is 70.9 Å². The predicted octanol–water partition coefficient (Wildman–Crippen LogP) is 0.952. The average molecular weight is 411 g/mol. The van der Waals surface area contributed by atoms with Crippen molar-refractivity contribution in [1.82, 2.24) is 24.7 Å². The summed E-state index contributed by atoms with van der Waals surface area (Å²) in [5.74, 6) is 1.86. The van der Waals surface area contributed by atoms with E-state index in [1.165, 1.54) is 5.56 Å². The number of hydrogen-bond acceptors (Lipinski definition) is 7. The third kappa shape index (κ3) is 5.25. The lowest BCUT2D eigenvalue weighted by Crippen LogP contribution is -2.54. The fourth-order valence-corrected chi connectivity index (χ4v) is 4.00. The molecule has 1 aromatic carbocycles. The Bertz CT molecular complexity index is 800. The molecule has 30 heavy (non-hydrogen) atoms. The Morgan fingerprint density at radius 3 is 2.17 bits per heavy atom. The van der Waals surface area contributed by atoms with E-state index in [1.54, 1.807) is 19.5 Å². The lowest BCUT2D eigenvalue weighted by atomic mass is 10.2. The number of methoxy groups -OCH3 is 1. The van der Waals surface area contributed by atoms with Crippen molar-refractivity contribution in [3.05, 3.63) is 48.3 Å². The van der Waals surface area contributed by atoms with Crippen LogP contribution in [0.4, 0.5) is 5.95 Å². The van der Waals surface area contributed by atoms with Crippen LogP contribution >= 0.6 is 0 Å². The van der Waals surface area contributed by atoms with E-state index in [1.807, 2.05) is 23.1 Å². The summed E-state index contributed by atoms with van der Waals surface area (Å²) in [5.41, 5.74) is 1.29. The van der Waals surface area contributed by atoms with Crippen LogP contribution in [-0.2, 0) is 11.3 Å². The standard InChI is InChI=1S/C22H30N6O2/c1-30-20-5-3-19(4-6-20)17-25-9-11-26(12-10-25)18-21(29)27-13-15-28(16-14-27)22-23-7-2-8-24-22/h2-8H,9-18H2,1H3. The van der Waals surface area contributed by atoms with Gasteiger partial charge in [-0.1, -0.05) is 12.1 Å². The minimum atomic E-state index is 0.229. The summed E-state index contributed by atoms with van der Waals surface area (Å²) in [6, 6.07) is 10.1. The van der Waals surface area contributed by atoms with Crippen LogP contribution in [0.2, 0.25) is 0 Å². The first kappa shape index (κ1) is 20.6. The average Bonchev–Trinajstić information content (AvgIpc) is 2.81. The Morgan fingerprint density at radius 1 is 0.900 bits per heavy atom. The number of ether oxygens (including phenoxy) is 1. The van der Waals surface area contributed by atoms with Crippen LogP contribution in [0.15, 0.2) is 42.7 Å². The van der Waals surface area contributed by atoms with Gasteiger partial charge >= 0.3 is 0 Å². The van der Waals surface area contributed by atoms with Gasteiger partial charge in [-0.15, -0.1) is 0 Å². The first-order chi connectivity index (χ1) is 14.7. The maximum Gasteiger partial charge on any atom is 0.236 e. The molecule has 0 unspecified atom stereocenters. The van der Waals surface area contributed by atoms with Gasteiger partial charge in [0.1, 0.15) is 5.75 Å². The fraction of sp³-hybridized carbons (Fsp3) is 0.500. The summed E-state index contributed by atoms with van der Waals surface area (Å²) < 4.78 is 5.22. The van der Waals surface area contributed by atoms with E-state index >= 15 is 0 Å². The van der Waals surface area contributed by atoms with Crippen molar-refractivity contribution in [1.29, 1.82) is 0 Å². The molecule has 0 bridgehead atoms. The largest absolute Gasteiger partial charge is 0.497 e. The summed E-state index contributed by atoms with van der Waals surface area (Å²) in [6.45, 7) is 8.31. The van der Waals surface area contributed by atoms with Crippen LogP contribution in [0.3, 0.4) is 0 Å². The Hall–Kier alpha value is -2.71. The van der Waals surface area contributed by atoms with Crippen LogP contribution < -0.4 is 9.64 Å². The number of amides is 1. The highest BCUT2D eigenvalue weighted by atomic mass is 16.5. The zero-order valence-electron chi connectivity index (χ0n) is 17.6. The van der Waals surface area contributed by atoms with Gasteiger partial charge in [0.25, 0.3) is 0 Å². The second-order valence-corrected chi connectivity index (χ2v) is 7.82. The maximum absolute atomic E-state index is 12.8. The van der Waals surface area contributed by atoms with Gasteiger partial charge in [0.05, 0.1) is 13.7 Å². The highest BCUT2D eigenvalue weighted by Crippen LogP contribution is 2.15. The van der Waals surface area contributed by atoms with E-state index in [2.05, 4.69) is 36.8 Å². The molecule has 160 valence electrons. The molecular weight excluding hydrogens is 380 g/mol. The Morgan fingerprint density at radius 2 is 1.53 bits per heavy atom. The van der Waals surface area contributed by atoms with E-state index in [4.69, 9.17) is 4.74 Å². The zero-order chi connectivity index (χ0) is 20.8. The molecule has 0 atom stereocenters. The van der Waals surface area contributed by atoms with Gasteiger partial charge in [-0.3, -0.25) is 14.6 Å². The third-order valence-electron chi connectivity index (χ3n) is 5.86. The van der Waals surface area contributed by atoms with Crippen molar-refractivity contribution < 1.29 is 9.53 Å². The van der Waals surface area contributed by atoms with Crippen molar-refractivity contribution in [3.8, 4) is 5.75 Å². The Labute approximate surface area is 178 Å². The van der Waals surface area contributed by atoms with E-state index in [-0.39, 0.29) is 5.91 Å². The molecule has 0 spiro atoms. The van der Waals surface area contributed by atoms with Crippen molar-refractivity contribution in [2.45, 2.75) is 6.54 Å². The summed E-state index contributed by atoms with van der Waals surface area (Å²) in [6.07, 6.45) is 3.52. The molecule has 2 fully saturated rings.